The van der Waals surface area contributed by atoms with Crippen LogP contribution in [-0.4, -0.2) is 65.0 Å². The summed E-state index contributed by atoms with van der Waals surface area (Å²) in [6.45, 7) is 3.50. The third-order valence-corrected chi connectivity index (χ3v) is 7.93. The van der Waals surface area contributed by atoms with Crippen LogP contribution in [0.5, 0.6) is 5.75 Å². The Balaban J connectivity index is 1.52. The van der Waals surface area contributed by atoms with E-state index >= 15 is 0 Å². The van der Waals surface area contributed by atoms with Crippen LogP contribution in [0, 0.1) is 5.92 Å². The Labute approximate surface area is 290 Å². The van der Waals surface area contributed by atoms with Gasteiger partial charge in [0.2, 0.25) is 12.0 Å². The molecule has 20 heteroatoms. The summed E-state index contributed by atoms with van der Waals surface area (Å²) in [5, 5.41) is 8.55. The quantitative estimate of drug-likeness (QED) is 0.145. The topological polar surface area (TPSA) is 146 Å². The number of hydrogen-bond donors (Lipinski definition) is 5. The first-order valence-corrected chi connectivity index (χ1v) is 15.7. The molecule has 3 aromatic rings. The van der Waals surface area contributed by atoms with Crippen LogP contribution in [0.3, 0.4) is 0 Å². The normalized spacial score (nSPS) is 17.6. The number of nitrogens with zero attached hydrogens (tertiary/aromatic N) is 1. The van der Waals surface area contributed by atoms with Gasteiger partial charge in [0.1, 0.15) is 11.4 Å². The van der Waals surface area contributed by atoms with E-state index in [2.05, 4.69) is 20.6 Å². The predicted molar refractivity (Wildman–Crippen MR) is 168 cm³/mol. The highest BCUT2D eigenvalue weighted by Gasteiger charge is 2.47. The second kappa shape index (κ2) is 15.0. The maximum absolute atomic E-state index is 14.0. The van der Waals surface area contributed by atoms with Crippen LogP contribution in [0.15, 0.2) is 30.3 Å². The van der Waals surface area contributed by atoms with Crippen molar-refractivity contribution in [1.82, 2.24) is 25.9 Å². The summed E-state index contributed by atoms with van der Waals surface area (Å²) in [5.41, 5.74) is -2.75. The van der Waals surface area contributed by atoms with Crippen molar-refractivity contribution in [3.05, 3.63) is 47.0 Å². The monoisotopic (exact) mass is 754 g/mol. The van der Waals surface area contributed by atoms with Gasteiger partial charge >= 0.3 is 24.6 Å². The first-order valence-electron chi connectivity index (χ1n) is 15.7. The zero-order chi connectivity index (χ0) is 38.8. The Bertz CT molecular complexity index is 1780. The Kier molecular flexibility index (Phi) is 11.5. The third-order valence-electron chi connectivity index (χ3n) is 7.93. The van der Waals surface area contributed by atoms with Gasteiger partial charge < -0.3 is 35.7 Å². The number of fused-ring (bicyclic) bond motifs is 1. The van der Waals surface area contributed by atoms with Crippen LogP contribution in [0.25, 0.3) is 11.0 Å². The summed E-state index contributed by atoms with van der Waals surface area (Å²) in [5.74, 6) is -4.02. The largest absolute Gasteiger partial charge is 0.496 e. The fourth-order valence-corrected chi connectivity index (χ4v) is 5.46. The molecule has 4 rings (SSSR count). The summed E-state index contributed by atoms with van der Waals surface area (Å²) in [6, 6.07) is 1.57. The Hall–Kier alpha value is -4.91. The molecular weight excluding hydrogens is 719 g/mol. The molecule has 11 nitrogen and oxygen atoms in total. The SMILES string of the molecule is COc1cc2[nH]c(Nc3cc(CNC(=O)C(NC(=O)OC(C)(C)C)C(F)(F)F)ccc3C(F)(F)F)nc2cc1C(=O)N[C@H]1CC[C@H](C(F)(F)F)CC1. The Morgan fingerprint density at radius 3 is 2.15 bits per heavy atom. The fraction of sp³-hybridized carbons (Fsp3) is 0.500. The number of methoxy groups -OCH3 is 1. The maximum Gasteiger partial charge on any atom is 0.418 e. The highest BCUT2D eigenvalue weighted by atomic mass is 19.4. The number of carbonyl (C=O) groups excluding carboxylic acids is 3. The maximum atomic E-state index is 14.0. The number of aromatic nitrogens is 2. The standard InChI is InChI=1S/C32H35F9N6O5/c1-29(2,3)52-28(50)47-24(32(39,40)41)26(49)42-14-15-5-10-19(31(36,37)38)20(11-15)44-27-45-21-12-18(23(51-4)13-22(21)46-27)25(48)43-17-8-6-16(7-9-17)30(33,34)35/h5,10-13,16-17,24H,6-9,14H2,1-4H3,(H,42,49)(H,43,48)(H,47,50)(H2,44,45,46)/t16-,17-,24?. The molecule has 52 heavy (non-hydrogen) atoms. The molecule has 1 aliphatic carbocycles. The molecule has 1 aliphatic rings. The number of benzene rings is 2. The molecule has 0 aliphatic heterocycles. The fourth-order valence-electron chi connectivity index (χ4n) is 5.46. The lowest BCUT2D eigenvalue weighted by Crippen LogP contribution is -2.55. The summed E-state index contributed by atoms with van der Waals surface area (Å²) in [6.07, 6.45) is -16.1. The van der Waals surface area contributed by atoms with Gasteiger partial charge in [-0.15, -0.1) is 0 Å². The van der Waals surface area contributed by atoms with Gasteiger partial charge in [-0.1, -0.05) is 6.07 Å². The van der Waals surface area contributed by atoms with Gasteiger partial charge in [0.25, 0.3) is 11.8 Å². The lowest BCUT2D eigenvalue weighted by molar-refractivity contribution is -0.182. The van der Waals surface area contributed by atoms with Crippen molar-refractivity contribution in [2.45, 2.75) is 89.2 Å². The van der Waals surface area contributed by atoms with Crippen molar-refractivity contribution in [3.63, 3.8) is 0 Å². The zero-order valence-electron chi connectivity index (χ0n) is 28.0. The van der Waals surface area contributed by atoms with Crippen molar-refractivity contribution in [1.29, 1.82) is 0 Å². The number of hydrogen-bond acceptors (Lipinski definition) is 7. The molecule has 1 aromatic heterocycles. The number of rotatable bonds is 9. The second-order valence-corrected chi connectivity index (χ2v) is 13.1. The van der Waals surface area contributed by atoms with Crippen molar-refractivity contribution < 1.29 is 63.4 Å². The third kappa shape index (κ3) is 10.3. The van der Waals surface area contributed by atoms with Crippen LogP contribution in [0.2, 0.25) is 0 Å². The van der Waals surface area contributed by atoms with Gasteiger partial charge in [-0.25, -0.2) is 9.78 Å². The number of carbonyl (C=O) groups is 3. The number of aromatic amines is 1. The average molecular weight is 755 g/mol. The first-order chi connectivity index (χ1) is 23.9. The second-order valence-electron chi connectivity index (χ2n) is 13.1. The molecule has 1 atom stereocenters. The molecule has 2 aromatic carbocycles. The van der Waals surface area contributed by atoms with E-state index in [9.17, 15) is 53.9 Å². The number of anilines is 2. The lowest BCUT2D eigenvalue weighted by atomic mass is 9.85. The minimum atomic E-state index is -5.24. The molecule has 1 fully saturated rings. The number of halogens is 9. The lowest BCUT2D eigenvalue weighted by Gasteiger charge is -2.30. The minimum Gasteiger partial charge on any atom is -0.496 e. The Morgan fingerprint density at radius 1 is 0.942 bits per heavy atom. The van der Waals surface area contributed by atoms with Gasteiger partial charge in [-0.3, -0.25) is 9.59 Å². The molecule has 0 spiro atoms. The van der Waals surface area contributed by atoms with Gasteiger partial charge in [0.05, 0.1) is 40.9 Å². The average Bonchev–Trinajstić information content (AvgIpc) is 3.40. The molecule has 0 bridgehead atoms. The van der Waals surface area contributed by atoms with Gasteiger partial charge in [-0.2, -0.15) is 39.5 Å². The molecule has 5 N–H and O–H groups in total. The highest BCUT2D eigenvalue weighted by molar-refractivity contribution is 6.01. The number of nitrogens with one attached hydrogen (secondary N) is 5. The van der Waals surface area contributed by atoms with E-state index in [1.54, 1.807) is 0 Å². The van der Waals surface area contributed by atoms with Gasteiger partial charge in [-0.05, 0) is 70.2 Å². The van der Waals surface area contributed by atoms with Crippen LogP contribution >= 0.6 is 0 Å². The number of amides is 3. The molecule has 0 saturated heterocycles. The molecule has 286 valence electrons. The highest BCUT2D eigenvalue weighted by Crippen LogP contribution is 2.39. The number of alkyl carbamates (subject to hydrolysis) is 1. The van der Waals surface area contributed by atoms with Crippen LogP contribution < -0.4 is 26.0 Å². The van der Waals surface area contributed by atoms with E-state index in [0.717, 1.165) is 12.1 Å². The van der Waals surface area contributed by atoms with E-state index in [-0.39, 0.29) is 59.5 Å². The van der Waals surface area contributed by atoms with Crippen LogP contribution in [0.1, 0.15) is 67.9 Å². The summed E-state index contributed by atoms with van der Waals surface area (Å²) in [4.78, 5) is 44.4. The summed E-state index contributed by atoms with van der Waals surface area (Å²) >= 11 is 0. The van der Waals surface area contributed by atoms with Crippen LogP contribution in [-0.2, 0) is 22.3 Å². The van der Waals surface area contributed by atoms with Crippen LogP contribution in [0.4, 0.5) is 55.9 Å². The number of imidazole rings is 1. The number of H-pyrrole nitrogens is 1. The molecule has 1 unspecified atom stereocenters. The number of alkyl halides is 9. The van der Waals surface area contributed by atoms with Gasteiger partial charge in [0.15, 0.2) is 0 Å². The van der Waals surface area contributed by atoms with Crippen molar-refractivity contribution in [3.8, 4) is 5.75 Å². The number of ether oxygens (including phenoxy) is 2. The van der Waals surface area contributed by atoms with Crippen molar-refractivity contribution in [2.24, 2.45) is 5.92 Å². The van der Waals surface area contributed by atoms with Crippen molar-refractivity contribution >= 4 is 40.6 Å². The zero-order valence-corrected chi connectivity index (χ0v) is 28.0. The van der Waals surface area contributed by atoms with E-state index in [4.69, 9.17) is 9.47 Å². The van der Waals surface area contributed by atoms with Crippen molar-refractivity contribution in [2.75, 3.05) is 12.4 Å². The molecule has 1 saturated carbocycles. The van der Waals surface area contributed by atoms with Gasteiger partial charge in [0, 0.05) is 18.7 Å². The molecule has 0 radical (unpaired) electrons. The molecular formula is C32H35F9N6O5. The molecule has 1 heterocycles. The predicted octanol–water partition coefficient (Wildman–Crippen LogP) is 7.26. The Morgan fingerprint density at radius 2 is 1.60 bits per heavy atom. The minimum absolute atomic E-state index is 0.0296. The smallest absolute Gasteiger partial charge is 0.418 e. The van der Waals surface area contributed by atoms with E-state index in [1.807, 2.05) is 5.32 Å². The van der Waals surface area contributed by atoms with E-state index < -0.39 is 77.8 Å². The van der Waals surface area contributed by atoms with E-state index in [0.29, 0.717) is 6.07 Å². The molecule has 3 amide bonds. The summed E-state index contributed by atoms with van der Waals surface area (Å²) < 4.78 is 132. The summed E-state index contributed by atoms with van der Waals surface area (Å²) in [7, 11) is 1.26. The first kappa shape index (κ1) is 39.9. The van der Waals surface area contributed by atoms with E-state index in [1.165, 1.54) is 45.3 Å².